The van der Waals surface area contributed by atoms with Gasteiger partial charge in [0.05, 0.1) is 0 Å². The highest BCUT2D eigenvalue weighted by Crippen LogP contribution is 2.18. The molecular formula is C15H27NO3Si. The third-order valence-electron chi connectivity index (χ3n) is 3.54. The van der Waals surface area contributed by atoms with Crippen molar-refractivity contribution < 1.29 is 13.3 Å². The molecule has 114 valence electrons. The largest absolute Gasteiger partial charge is 0.500 e. The van der Waals surface area contributed by atoms with Gasteiger partial charge in [0, 0.05) is 39.6 Å². The lowest BCUT2D eigenvalue weighted by atomic mass is 10.1. The maximum Gasteiger partial charge on any atom is 0.500 e. The van der Waals surface area contributed by atoms with Crippen molar-refractivity contribution in [3.63, 3.8) is 0 Å². The van der Waals surface area contributed by atoms with Crippen LogP contribution in [0.5, 0.6) is 0 Å². The highest BCUT2D eigenvalue weighted by atomic mass is 28.4. The van der Waals surface area contributed by atoms with E-state index in [4.69, 9.17) is 13.3 Å². The van der Waals surface area contributed by atoms with Gasteiger partial charge in [-0.1, -0.05) is 17.7 Å². The number of nitrogens with one attached hydrogen (secondary N) is 1. The quantitative estimate of drug-likeness (QED) is 0.560. The summed E-state index contributed by atoms with van der Waals surface area (Å²) in [7, 11) is 2.59. The molecule has 20 heavy (non-hydrogen) atoms. The summed E-state index contributed by atoms with van der Waals surface area (Å²) in [6.07, 6.45) is 2.10. The molecule has 1 aromatic carbocycles. The van der Waals surface area contributed by atoms with Gasteiger partial charge in [0.2, 0.25) is 0 Å². The van der Waals surface area contributed by atoms with Crippen LogP contribution in [0.1, 0.15) is 24.0 Å². The lowest BCUT2D eigenvalue weighted by Crippen LogP contribution is -2.42. The van der Waals surface area contributed by atoms with Gasteiger partial charge in [-0.25, -0.2) is 0 Å². The van der Waals surface area contributed by atoms with Crippen molar-refractivity contribution in [2.24, 2.45) is 0 Å². The molecule has 0 bridgehead atoms. The molecule has 0 fully saturated rings. The molecule has 5 heteroatoms. The number of aryl methyl sites for hydroxylation is 2. The molecule has 0 saturated carbocycles. The Balaban J connectivity index is 2.31. The van der Waals surface area contributed by atoms with E-state index in [9.17, 15) is 0 Å². The monoisotopic (exact) mass is 297 g/mol. The summed E-state index contributed by atoms with van der Waals surface area (Å²) >= 11 is 0. The van der Waals surface area contributed by atoms with Gasteiger partial charge in [0.1, 0.15) is 0 Å². The van der Waals surface area contributed by atoms with Crippen molar-refractivity contribution in [2.75, 3.05) is 33.2 Å². The summed E-state index contributed by atoms with van der Waals surface area (Å²) in [5, 5.41) is 3.47. The molecule has 0 saturated heterocycles. The van der Waals surface area contributed by atoms with E-state index >= 15 is 0 Å². The zero-order valence-electron chi connectivity index (χ0n) is 13.3. The number of hydrogen-bond donors (Lipinski definition) is 1. The van der Waals surface area contributed by atoms with E-state index in [-0.39, 0.29) is 0 Å². The minimum Gasteiger partial charge on any atom is -0.385 e. The first-order valence-corrected chi connectivity index (χ1v) is 8.96. The van der Waals surface area contributed by atoms with Crippen molar-refractivity contribution in [1.29, 1.82) is 0 Å². The Morgan fingerprint density at radius 3 is 2.20 bits per heavy atom. The third-order valence-corrected chi connectivity index (χ3v) is 6.37. The predicted octanol–water partition coefficient (Wildman–Crippen LogP) is 3.37. The summed E-state index contributed by atoms with van der Waals surface area (Å²) < 4.78 is 16.2. The van der Waals surface area contributed by atoms with Crippen LogP contribution in [0.3, 0.4) is 0 Å². The number of anilines is 1. The number of rotatable bonds is 9. The third kappa shape index (κ3) is 4.90. The molecule has 1 N–H and O–H groups in total. The van der Waals surface area contributed by atoms with Crippen LogP contribution in [0.25, 0.3) is 0 Å². The van der Waals surface area contributed by atoms with Gasteiger partial charge in [0.15, 0.2) is 0 Å². The Bertz CT molecular complexity index is 400. The minimum atomic E-state index is -2.39. The Kier molecular flexibility index (Phi) is 7.22. The summed E-state index contributed by atoms with van der Waals surface area (Å²) in [6, 6.07) is 7.32. The average Bonchev–Trinajstić information content (AvgIpc) is 2.45. The number of unbranched alkanes of at least 4 members (excludes halogenated alkanes) is 1. The molecule has 4 nitrogen and oxygen atoms in total. The second-order valence-corrected chi connectivity index (χ2v) is 8.09. The summed E-state index contributed by atoms with van der Waals surface area (Å²) in [5.41, 5.74) is 3.80. The van der Waals surface area contributed by atoms with E-state index in [2.05, 4.69) is 37.4 Å². The fourth-order valence-electron chi connectivity index (χ4n) is 2.26. The molecule has 0 radical (unpaired) electrons. The van der Waals surface area contributed by atoms with Crippen LogP contribution in [0.4, 0.5) is 5.69 Å². The molecule has 0 amide bonds. The molecule has 0 aliphatic heterocycles. The minimum absolute atomic E-state index is 0.852. The topological polar surface area (TPSA) is 39.7 Å². The molecule has 0 spiro atoms. The van der Waals surface area contributed by atoms with Gasteiger partial charge in [-0.3, -0.25) is 0 Å². The van der Waals surface area contributed by atoms with Gasteiger partial charge in [-0.15, -0.1) is 0 Å². The fourth-order valence-corrected chi connectivity index (χ4v) is 4.05. The smallest absolute Gasteiger partial charge is 0.385 e. The van der Waals surface area contributed by atoms with E-state index in [0.29, 0.717) is 0 Å². The van der Waals surface area contributed by atoms with Gasteiger partial charge in [-0.2, -0.15) is 0 Å². The first-order valence-electron chi connectivity index (χ1n) is 7.03. The Morgan fingerprint density at radius 2 is 1.65 bits per heavy atom. The van der Waals surface area contributed by atoms with Gasteiger partial charge >= 0.3 is 8.80 Å². The van der Waals surface area contributed by atoms with Crippen LogP contribution >= 0.6 is 0 Å². The average molecular weight is 297 g/mol. The second-order valence-electron chi connectivity index (χ2n) is 5.00. The van der Waals surface area contributed by atoms with E-state index in [1.165, 1.54) is 16.8 Å². The fraction of sp³-hybridized carbons (Fsp3) is 0.600. The highest BCUT2D eigenvalue weighted by molar-refractivity contribution is 6.60. The Hall–Kier alpha value is -0.883. The molecule has 0 heterocycles. The molecule has 1 rings (SSSR count). The Morgan fingerprint density at radius 1 is 1.00 bits per heavy atom. The Labute approximate surface area is 123 Å². The summed E-state index contributed by atoms with van der Waals surface area (Å²) in [4.78, 5) is 0. The zero-order chi connectivity index (χ0) is 15.0. The SMILES string of the molecule is CO[Si](CCCCNc1ccc(C)cc1C)(OC)OC. The zero-order valence-corrected chi connectivity index (χ0v) is 14.3. The van der Waals surface area contributed by atoms with Crippen LogP contribution in [-0.4, -0.2) is 36.7 Å². The van der Waals surface area contributed by atoms with Crippen molar-refractivity contribution in [2.45, 2.75) is 32.7 Å². The molecule has 0 aliphatic rings. The van der Waals surface area contributed by atoms with E-state index in [1.807, 2.05) is 0 Å². The van der Waals surface area contributed by atoms with E-state index in [1.54, 1.807) is 21.3 Å². The standard InChI is InChI=1S/C15H27NO3Si/c1-13-8-9-15(14(2)12-13)16-10-6-7-11-20(17-3,18-4)19-5/h8-9,12,16H,6-7,10-11H2,1-5H3. The molecule has 1 aromatic rings. The van der Waals surface area contributed by atoms with Crippen LogP contribution in [0, 0.1) is 13.8 Å². The van der Waals surface area contributed by atoms with E-state index in [0.717, 1.165) is 25.4 Å². The second kappa shape index (κ2) is 8.41. The van der Waals surface area contributed by atoms with Crippen molar-refractivity contribution in [1.82, 2.24) is 0 Å². The van der Waals surface area contributed by atoms with Gasteiger partial charge in [0.25, 0.3) is 0 Å². The molecule has 0 atom stereocenters. The van der Waals surface area contributed by atoms with Gasteiger partial charge in [-0.05, 0) is 38.3 Å². The predicted molar refractivity (Wildman–Crippen MR) is 85.2 cm³/mol. The van der Waals surface area contributed by atoms with Crippen LogP contribution in [-0.2, 0) is 13.3 Å². The van der Waals surface area contributed by atoms with Crippen LogP contribution < -0.4 is 5.32 Å². The van der Waals surface area contributed by atoms with Crippen LogP contribution in [0.2, 0.25) is 6.04 Å². The van der Waals surface area contributed by atoms with E-state index < -0.39 is 8.80 Å². The maximum atomic E-state index is 5.41. The molecule has 0 aliphatic carbocycles. The highest BCUT2D eigenvalue weighted by Gasteiger charge is 2.36. The normalized spacial score (nSPS) is 11.7. The lowest BCUT2D eigenvalue weighted by Gasteiger charge is -2.24. The lowest BCUT2D eigenvalue weighted by molar-refractivity contribution is 0.123. The first-order chi connectivity index (χ1) is 9.56. The number of benzene rings is 1. The molecule has 0 unspecified atom stereocenters. The van der Waals surface area contributed by atoms with Crippen molar-refractivity contribution in [3.8, 4) is 0 Å². The maximum absolute atomic E-state index is 5.41. The number of hydrogen-bond acceptors (Lipinski definition) is 4. The van der Waals surface area contributed by atoms with Crippen molar-refractivity contribution >= 4 is 14.5 Å². The first kappa shape index (κ1) is 17.2. The summed E-state index contributed by atoms with van der Waals surface area (Å²) in [6.45, 7) is 5.20. The summed E-state index contributed by atoms with van der Waals surface area (Å²) in [5.74, 6) is 0. The molecular weight excluding hydrogens is 270 g/mol. The van der Waals surface area contributed by atoms with Crippen molar-refractivity contribution in [3.05, 3.63) is 29.3 Å². The molecule has 0 aromatic heterocycles. The van der Waals surface area contributed by atoms with Gasteiger partial charge < -0.3 is 18.6 Å². The van der Waals surface area contributed by atoms with Crippen LogP contribution in [0.15, 0.2) is 18.2 Å².